The summed E-state index contributed by atoms with van der Waals surface area (Å²) in [7, 11) is 0. The molecule has 2 atom stereocenters. The molecule has 2 amide bonds. The molecule has 0 spiro atoms. The summed E-state index contributed by atoms with van der Waals surface area (Å²) in [6.45, 7) is 1.53. The number of hydrogen-bond donors (Lipinski definition) is 4. The van der Waals surface area contributed by atoms with Crippen LogP contribution in [0.2, 0.25) is 0 Å². The number of halogens is 1. The van der Waals surface area contributed by atoms with E-state index in [1.54, 1.807) is 36.4 Å². The quantitative estimate of drug-likeness (QED) is 0.491. The molecule has 0 heterocycles. The second kappa shape index (κ2) is 7.67. The lowest BCUT2D eigenvalue weighted by atomic mass is 10.0. The Hall–Kier alpha value is -2.77. The van der Waals surface area contributed by atoms with Crippen molar-refractivity contribution in [1.82, 2.24) is 10.8 Å². The zero-order valence-electron chi connectivity index (χ0n) is 13.0. The fourth-order valence-electron chi connectivity index (χ4n) is 2.21. The van der Waals surface area contributed by atoms with Gasteiger partial charge in [0.25, 0.3) is 11.8 Å². The van der Waals surface area contributed by atoms with Crippen LogP contribution in [-0.2, 0) is 4.79 Å². The smallest absolute Gasteiger partial charge is 0.267 e. The summed E-state index contributed by atoms with van der Waals surface area (Å²) in [6.07, 6.45) is 0. The maximum atomic E-state index is 13.3. The maximum absolute atomic E-state index is 13.3. The van der Waals surface area contributed by atoms with E-state index in [1.165, 1.54) is 24.5 Å². The van der Waals surface area contributed by atoms with Crippen LogP contribution in [0.15, 0.2) is 48.5 Å². The third kappa shape index (κ3) is 4.15. The van der Waals surface area contributed by atoms with Crippen LogP contribution in [0.1, 0.15) is 17.3 Å². The van der Waals surface area contributed by atoms with Gasteiger partial charge in [0.1, 0.15) is 11.9 Å². The molecule has 0 radical (unpaired) electrons. The lowest BCUT2D eigenvalue weighted by molar-refractivity contribution is -0.131. The van der Waals surface area contributed by atoms with Crippen molar-refractivity contribution in [3.05, 3.63) is 59.9 Å². The molecule has 0 saturated heterocycles. The number of hydrogen-bond acceptors (Lipinski definition) is 4. The number of carbonyl (C=O) groups excluding carboxylic acids is 2. The van der Waals surface area contributed by atoms with Gasteiger partial charge in [0.05, 0.1) is 0 Å². The van der Waals surface area contributed by atoms with Gasteiger partial charge in [-0.1, -0.05) is 24.3 Å². The first kappa shape index (κ1) is 17.6. The van der Waals surface area contributed by atoms with Crippen molar-refractivity contribution in [3.63, 3.8) is 0 Å². The van der Waals surface area contributed by atoms with Gasteiger partial charge in [-0.15, -0.1) is 0 Å². The van der Waals surface area contributed by atoms with Gasteiger partial charge in [0.2, 0.25) is 0 Å². The van der Waals surface area contributed by atoms with E-state index in [2.05, 4.69) is 5.32 Å². The van der Waals surface area contributed by atoms with Crippen molar-refractivity contribution >= 4 is 11.8 Å². The molecule has 0 unspecified atom stereocenters. The molecule has 0 saturated carbocycles. The molecule has 2 aromatic rings. The average molecular weight is 331 g/mol. The Morgan fingerprint density at radius 2 is 1.79 bits per heavy atom. The average Bonchev–Trinajstić information content (AvgIpc) is 2.58. The summed E-state index contributed by atoms with van der Waals surface area (Å²) in [4.78, 5) is 23.7. The summed E-state index contributed by atoms with van der Waals surface area (Å²) >= 11 is 0. The molecule has 126 valence electrons. The molecular weight excluding hydrogens is 313 g/mol. The van der Waals surface area contributed by atoms with Crippen molar-refractivity contribution in [1.29, 1.82) is 0 Å². The number of carbonyl (C=O) groups is 2. The molecule has 2 aromatic carbocycles. The number of hydroxylamine groups is 1. The van der Waals surface area contributed by atoms with Crippen LogP contribution in [0, 0.1) is 5.82 Å². The second-order valence-electron chi connectivity index (χ2n) is 5.37. The Labute approximate surface area is 138 Å². The fourth-order valence-corrected chi connectivity index (χ4v) is 2.21. The molecule has 0 aliphatic heterocycles. The first-order valence-electron chi connectivity index (χ1n) is 7.28. The predicted octanol–water partition coefficient (Wildman–Crippen LogP) is 1.44. The topological polar surface area (TPSA) is 104 Å². The normalized spacial score (nSPS) is 13.0. The van der Waals surface area contributed by atoms with Gasteiger partial charge in [-0.25, -0.2) is 9.87 Å². The number of amides is 2. The molecule has 0 bridgehead atoms. The highest BCUT2D eigenvalue weighted by molar-refractivity contribution is 5.98. The van der Waals surface area contributed by atoms with Crippen LogP contribution in [0.4, 0.5) is 4.39 Å². The Morgan fingerprint density at radius 3 is 2.33 bits per heavy atom. The zero-order chi connectivity index (χ0) is 17.7. The number of nitrogens with one attached hydrogen (secondary N) is 2. The van der Waals surface area contributed by atoms with Gasteiger partial charge in [-0.3, -0.25) is 14.8 Å². The number of benzene rings is 2. The number of nitrogens with two attached hydrogens (primary N) is 1. The van der Waals surface area contributed by atoms with Gasteiger partial charge >= 0.3 is 0 Å². The van der Waals surface area contributed by atoms with Crippen molar-refractivity contribution in [2.24, 2.45) is 5.73 Å². The van der Waals surface area contributed by atoms with E-state index < -0.39 is 23.9 Å². The summed E-state index contributed by atoms with van der Waals surface area (Å²) in [5.74, 6) is -1.65. The maximum Gasteiger partial charge on any atom is 0.267 e. The van der Waals surface area contributed by atoms with Gasteiger partial charge < -0.3 is 11.1 Å². The van der Waals surface area contributed by atoms with Crippen LogP contribution in [0.5, 0.6) is 0 Å². The minimum atomic E-state index is -1.06. The van der Waals surface area contributed by atoms with Crippen LogP contribution >= 0.6 is 0 Å². The van der Waals surface area contributed by atoms with E-state index in [0.29, 0.717) is 11.1 Å². The highest BCUT2D eigenvalue weighted by atomic mass is 19.1. The summed E-state index contributed by atoms with van der Waals surface area (Å²) in [5.41, 5.74) is 8.86. The lowest BCUT2D eigenvalue weighted by Crippen LogP contribution is -2.54. The van der Waals surface area contributed by atoms with Crippen molar-refractivity contribution < 1.29 is 19.2 Å². The van der Waals surface area contributed by atoms with E-state index in [0.717, 1.165) is 5.56 Å². The Bertz CT molecular complexity index is 732. The van der Waals surface area contributed by atoms with Crippen LogP contribution in [-0.4, -0.2) is 29.1 Å². The minimum Gasteiger partial charge on any atom is -0.339 e. The van der Waals surface area contributed by atoms with Gasteiger partial charge in [0, 0.05) is 11.6 Å². The van der Waals surface area contributed by atoms with Crippen molar-refractivity contribution in [2.75, 3.05) is 0 Å². The summed E-state index contributed by atoms with van der Waals surface area (Å²) < 4.78 is 13.3. The first-order valence-corrected chi connectivity index (χ1v) is 7.28. The van der Waals surface area contributed by atoms with E-state index in [4.69, 9.17) is 10.9 Å². The van der Waals surface area contributed by atoms with E-state index in [-0.39, 0.29) is 5.82 Å². The van der Waals surface area contributed by atoms with E-state index in [9.17, 15) is 14.0 Å². The van der Waals surface area contributed by atoms with E-state index >= 15 is 0 Å². The molecule has 6 nitrogen and oxygen atoms in total. The SMILES string of the molecule is C[C@@H](N)[C@H](NC(=O)c1ccc(-c2cccc(F)c2)cc1)C(=O)NO. The largest absolute Gasteiger partial charge is 0.339 e. The summed E-state index contributed by atoms with van der Waals surface area (Å²) in [5, 5.41) is 11.1. The van der Waals surface area contributed by atoms with E-state index in [1.807, 2.05) is 0 Å². The fraction of sp³-hybridized carbons (Fsp3) is 0.176. The first-order chi connectivity index (χ1) is 11.4. The van der Waals surface area contributed by atoms with Gasteiger partial charge in [-0.05, 0) is 42.3 Å². The molecule has 0 aliphatic carbocycles. The highest BCUT2D eigenvalue weighted by Crippen LogP contribution is 2.20. The van der Waals surface area contributed by atoms with Crippen molar-refractivity contribution in [2.45, 2.75) is 19.0 Å². The Balaban J connectivity index is 2.15. The molecule has 0 aliphatic rings. The molecule has 0 fully saturated rings. The molecular formula is C17H18FN3O3. The zero-order valence-corrected chi connectivity index (χ0v) is 13.0. The number of rotatable bonds is 5. The standard InChI is InChI=1S/C17H18FN3O3/c1-10(19)15(17(23)21-24)20-16(22)12-7-5-11(6-8-12)13-3-2-4-14(18)9-13/h2-10,15,24H,19H2,1H3,(H,20,22)(H,21,23)/t10-,15+/m1/s1. The second-order valence-corrected chi connectivity index (χ2v) is 5.37. The monoisotopic (exact) mass is 331 g/mol. The van der Waals surface area contributed by atoms with Crippen LogP contribution in [0.25, 0.3) is 11.1 Å². The Kier molecular flexibility index (Phi) is 5.62. The Morgan fingerprint density at radius 1 is 1.12 bits per heavy atom. The lowest BCUT2D eigenvalue weighted by Gasteiger charge is -2.20. The predicted molar refractivity (Wildman–Crippen MR) is 86.7 cm³/mol. The minimum absolute atomic E-state index is 0.312. The molecule has 0 aromatic heterocycles. The van der Waals surface area contributed by atoms with Crippen LogP contribution < -0.4 is 16.5 Å². The molecule has 7 heteroatoms. The molecule has 2 rings (SSSR count). The third-order valence-electron chi connectivity index (χ3n) is 3.51. The molecule has 5 N–H and O–H groups in total. The van der Waals surface area contributed by atoms with Gasteiger partial charge in [0.15, 0.2) is 0 Å². The van der Waals surface area contributed by atoms with Crippen molar-refractivity contribution in [3.8, 4) is 11.1 Å². The molecule has 24 heavy (non-hydrogen) atoms. The van der Waals surface area contributed by atoms with Crippen LogP contribution in [0.3, 0.4) is 0 Å². The highest BCUT2D eigenvalue weighted by Gasteiger charge is 2.24. The third-order valence-corrected chi connectivity index (χ3v) is 3.51. The van der Waals surface area contributed by atoms with Gasteiger partial charge in [-0.2, -0.15) is 0 Å². The summed E-state index contributed by atoms with van der Waals surface area (Å²) in [6, 6.07) is 10.8.